The van der Waals surface area contributed by atoms with Crippen LogP contribution >= 0.6 is 0 Å². The summed E-state index contributed by atoms with van der Waals surface area (Å²) >= 11 is 0. The average Bonchev–Trinajstić information content (AvgIpc) is 2.32. The van der Waals surface area contributed by atoms with Crippen molar-refractivity contribution in [3.05, 3.63) is 0 Å². The minimum Gasteiger partial charge on any atom is -0.329 e. The summed E-state index contributed by atoms with van der Waals surface area (Å²) in [6.07, 6.45) is 2.77. The van der Waals surface area contributed by atoms with Crippen LogP contribution in [-0.2, 0) is 0 Å². The van der Waals surface area contributed by atoms with Crippen LogP contribution in [0.5, 0.6) is 0 Å². The van der Waals surface area contributed by atoms with Crippen LogP contribution in [0, 0.1) is 0 Å². The van der Waals surface area contributed by atoms with Gasteiger partial charge in [0, 0.05) is 38.3 Å². The summed E-state index contributed by atoms with van der Waals surface area (Å²) in [7, 11) is 2.23. The lowest BCUT2D eigenvalue weighted by Gasteiger charge is -2.39. The maximum Gasteiger partial charge on any atom is 0.0227 e. The van der Waals surface area contributed by atoms with Crippen molar-refractivity contribution in [2.45, 2.75) is 24.9 Å². The van der Waals surface area contributed by atoms with Crippen molar-refractivity contribution in [2.75, 3.05) is 33.2 Å². The number of piperazine rings is 1. The monoisotopic (exact) mass is 169 g/mol. The Hall–Kier alpha value is -0.120. The van der Waals surface area contributed by atoms with E-state index in [-0.39, 0.29) is 0 Å². The smallest absolute Gasteiger partial charge is 0.0227 e. The van der Waals surface area contributed by atoms with Gasteiger partial charge in [-0.2, -0.15) is 0 Å². The zero-order chi connectivity index (χ0) is 8.55. The minimum absolute atomic E-state index is 0.803. The van der Waals surface area contributed by atoms with Gasteiger partial charge >= 0.3 is 0 Å². The van der Waals surface area contributed by atoms with Gasteiger partial charge in [0.2, 0.25) is 0 Å². The highest BCUT2D eigenvalue weighted by Crippen LogP contribution is 2.28. The number of fused-ring (bicyclic) bond motifs is 2. The number of hydrogen-bond donors (Lipinski definition) is 1. The number of nitrogens with zero attached hydrogens (tertiary/aromatic N) is 2. The Labute approximate surface area is 74.5 Å². The molecule has 70 valence electrons. The molecule has 0 aromatic rings. The van der Waals surface area contributed by atoms with Gasteiger partial charge in [-0.05, 0) is 19.9 Å². The minimum atomic E-state index is 0.803. The Morgan fingerprint density at radius 2 is 1.83 bits per heavy atom. The van der Waals surface area contributed by atoms with Gasteiger partial charge in [0.05, 0.1) is 0 Å². The van der Waals surface area contributed by atoms with E-state index in [2.05, 4.69) is 16.8 Å². The van der Waals surface area contributed by atoms with Crippen LogP contribution in [0.25, 0.3) is 0 Å². The lowest BCUT2D eigenvalue weighted by atomic mass is 10.2. The summed E-state index contributed by atoms with van der Waals surface area (Å²) in [5.41, 5.74) is 5.59. The molecule has 0 aromatic heterocycles. The van der Waals surface area contributed by atoms with Gasteiger partial charge in [-0.1, -0.05) is 0 Å². The second kappa shape index (κ2) is 3.32. The molecule has 2 N–H and O–H groups in total. The number of likely N-dealkylation sites (N-methyl/N-ethyl adjacent to an activating group) is 1. The molecule has 0 aromatic carbocycles. The van der Waals surface area contributed by atoms with Crippen LogP contribution in [-0.4, -0.2) is 55.1 Å². The average molecular weight is 169 g/mol. The molecule has 0 radical (unpaired) electrons. The van der Waals surface area contributed by atoms with Gasteiger partial charge in [-0.15, -0.1) is 0 Å². The highest BCUT2D eigenvalue weighted by Gasteiger charge is 2.37. The summed E-state index contributed by atoms with van der Waals surface area (Å²) < 4.78 is 0. The maximum atomic E-state index is 5.59. The summed E-state index contributed by atoms with van der Waals surface area (Å²) in [6, 6.07) is 1.61. The highest BCUT2D eigenvalue weighted by molar-refractivity contribution is 4.94. The van der Waals surface area contributed by atoms with E-state index < -0.39 is 0 Å². The molecule has 0 aliphatic carbocycles. The van der Waals surface area contributed by atoms with Gasteiger partial charge in [-0.25, -0.2) is 0 Å². The summed E-state index contributed by atoms with van der Waals surface area (Å²) in [5.74, 6) is 0. The zero-order valence-electron chi connectivity index (χ0n) is 7.87. The summed E-state index contributed by atoms with van der Waals surface area (Å²) in [5, 5.41) is 0. The van der Waals surface area contributed by atoms with Gasteiger partial charge in [0.15, 0.2) is 0 Å². The predicted octanol–water partition coefficient (Wildman–Crippen LogP) is -0.276. The van der Waals surface area contributed by atoms with Crippen LogP contribution in [0.1, 0.15) is 12.8 Å². The second-order valence-electron chi connectivity index (χ2n) is 4.13. The van der Waals surface area contributed by atoms with E-state index >= 15 is 0 Å². The van der Waals surface area contributed by atoms with E-state index in [0.717, 1.165) is 25.2 Å². The fraction of sp³-hybridized carbons (Fsp3) is 1.00. The fourth-order valence-electron chi connectivity index (χ4n) is 2.72. The molecule has 2 saturated heterocycles. The summed E-state index contributed by atoms with van der Waals surface area (Å²) in [4.78, 5) is 5.06. The zero-order valence-corrected chi connectivity index (χ0v) is 7.87. The molecule has 2 aliphatic heterocycles. The summed E-state index contributed by atoms with van der Waals surface area (Å²) in [6.45, 7) is 4.41. The largest absolute Gasteiger partial charge is 0.329 e. The Morgan fingerprint density at radius 1 is 1.25 bits per heavy atom. The SMILES string of the molecule is CN1CC2CCC(C1)N2CCN. The first-order valence-electron chi connectivity index (χ1n) is 4.95. The molecular formula is C9H19N3. The standard InChI is InChI=1S/C9H19N3/c1-11-6-8-2-3-9(7-11)12(8)5-4-10/h8-9H,2-7,10H2,1H3. The van der Waals surface area contributed by atoms with Gasteiger partial charge in [-0.3, -0.25) is 4.90 Å². The Bertz CT molecular complexity index is 146. The fourth-order valence-corrected chi connectivity index (χ4v) is 2.72. The van der Waals surface area contributed by atoms with Crippen LogP contribution in [0.15, 0.2) is 0 Å². The van der Waals surface area contributed by atoms with Crippen molar-refractivity contribution in [2.24, 2.45) is 5.73 Å². The van der Waals surface area contributed by atoms with E-state index in [1.165, 1.54) is 25.9 Å². The highest BCUT2D eigenvalue weighted by atomic mass is 15.3. The molecule has 0 spiro atoms. The number of rotatable bonds is 2. The van der Waals surface area contributed by atoms with Crippen molar-refractivity contribution in [1.29, 1.82) is 0 Å². The Morgan fingerprint density at radius 3 is 2.33 bits per heavy atom. The third-order valence-electron chi connectivity index (χ3n) is 3.20. The normalized spacial score (nSPS) is 37.5. The third-order valence-corrected chi connectivity index (χ3v) is 3.20. The second-order valence-corrected chi connectivity index (χ2v) is 4.13. The van der Waals surface area contributed by atoms with E-state index in [0.29, 0.717) is 0 Å². The number of nitrogens with two attached hydrogens (primary N) is 1. The molecule has 2 bridgehead atoms. The quantitative estimate of drug-likeness (QED) is 0.617. The van der Waals surface area contributed by atoms with Crippen LogP contribution < -0.4 is 5.73 Å². The van der Waals surface area contributed by atoms with Crippen LogP contribution in [0.3, 0.4) is 0 Å². The molecule has 2 heterocycles. The topological polar surface area (TPSA) is 32.5 Å². The van der Waals surface area contributed by atoms with Crippen LogP contribution in [0.4, 0.5) is 0 Å². The third kappa shape index (κ3) is 1.37. The number of likely N-dealkylation sites (tertiary alicyclic amines) is 1. The molecule has 3 heteroatoms. The molecule has 2 atom stereocenters. The molecule has 2 rings (SSSR count). The van der Waals surface area contributed by atoms with Crippen molar-refractivity contribution in [3.8, 4) is 0 Å². The van der Waals surface area contributed by atoms with Crippen LogP contribution in [0.2, 0.25) is 0 Å². The predicted molar refractivity (Wildman–Crippen MR) is 50.1 cm³/mol. The molecule has 2 fully saturated rings. The van der Waals surface area contributed by atoms with Crippen molar-refractivity contribution < 1.29 is 0 Å². The number of hydrogen-bond acceptors (Lipinski definition) is 3. The van der Waals surface area contributed by atoms with Crippen molar-refractivity contribution in [3.63, 3.8) is 0 Å². The van der Waals surface area contributed by atoms with E-state index in [1.807, 2.05) is 0 Å². The molecule has 12 heavy (non-hydrogen) atoms. The van der Waals surface area contributed by atoms with Gasteiger partial charge < -0.3 is 10.6 Å². The first kappa shape index (κ1) is 8.48. The van der Waals surface area contributed by atoms with E-state index in [4.69, 9.17) is 5.73 Å². The Kier molecular flexibility index (Phi) is 2.35. The first-order chi connectivity index (χ1) is 5.81. The van der Waals surface area contributed by atoms with Gasteiger partial charge in [0.25, 0.3) is 0 Å². The molecule has 0 amide bonds. The first-order valence-corrected chi connectivity index (χ1v) is 4.95. The molecule has 3 nitrogen and oxygen atoms in total. The Balaban J connectivity index is 1.99. The molecular weight excluding hydrogens is 150 g/mol. The van der Waals surface area contributed by atoms with Crippen molar-refractivity contribution in [1.82, 2.24) is 9.80 Å². The molecule has 0 saturated carbocycles. The van der Waals surface area contributed by atoms with E-state index in [1.54, 1.807) is 0 Å². The lowest BCUT2D eigenvalue weighted by molar-refractivity contribution is 0.0855. The molecule has 2 aliphatic rings. The lowest BCUT2D eigenvalue weighted by Crippen LogP contribution is -2.53. The molecule has 2 unspecified atom stereocenters. The van der Waals surface area contributed by atoms with E-state index in [9.17, 15) is 0 Å². The van der Waals surface area contributed by atoms with Crippen molar-refractivity contribution >= 4 is 0 Å². The van der Waals surface area contributed by atoms with Gasteiger partial charge in [0.1, 0.15) is 0 Å². The maximum absolute atomic E-state index is 5.59.